The van der Waals surface area contributed by atoms with Crippen molar-refractivity contribution in [3.8, 4) is 11.1 Å². The molecule has 0 amide bonds. The van der Waals surface area contributed by atoms with E-state index >= 15 is 0 Å². The molecule has 78 valence electrons. The van der Waals surface area contributed by atoms with Crippen molar-refractivity contribution in [3.05, 3.63) is 47.3 Å². The molecule has 0 fully saturated rings. The third kappa shape index (κ3) is 1.70. The molecular formula is C14H17N. The molecule has 2 rings (SSSR count). The van der Waals surface area contributed by atoms with Gasteiger partial charge in [-0.25, -0.2) is 0 Å². The summed E-state index contributed by atoms with van der Waals surface area (Å²) in [6.45, 7) is 6.43. The molecule has 2 aromatic rings. The molecule has 0 spiro atoms. The average Bonchev–Trinajstić information content (AvgIpc) is 2.47. The predicted molar refractivity (Wildman–Crippen MR) is 65.1 cm³/mol. The third-order valence-corrected chi connectivity index (χ3v) is 3.14. The summed E-state index contributed by atoms with van der Waals surface area (Å²) >= 11 is 0. The van der Waals surface area contributed by atoms with E-state index in [1.54, 1.807) is 0 Å². The molecule has 0 radical (unpaired) electrons. The molecule has 0 aliphatic carbocycles. The van der Waals surface area contributed by atoms with E-state index in [1.807, 2.05) is 0 Å². The summed E-state index contributed by atoms with van der Waals surface area (Å²) in [6, 6.07) is 11.0. The molecule has 0 aliphatic heterocycles. The minimum absolute atomic E-state index is 1.31. The van der Waals surface area contributed by atoms with Crippen LogP contribution in [-0.2, 0) is 7.05 Å². The molecule has 0 unspecified atom stereocenters. The fourth-order valence-electron chi connectivity index (χ4n) is 1.88. The molecule has 1 aromatic carbocycles. The molecule has 0 saturated heterocycles. The molecule has 1 heterocycles. The lowest BCUT2D eigenvalue weighted by atomic mass is 10.0. The van der Waals surface area contributed by atoms with Crippen LogP contribution in [0.3, 0.4) is 0 Å². The first-order chi connectivity index (χ1) is 7.09. The lowest BCUT2D eigenvalue weighted by molar-refractivity contribution is 0.845. The first-order valence-electron chi connectivity index (χ1n) is 5.29. The van der Waals surface area contributed by atoms with Gasteiger partial charge in [0.15, 0.2) is 0 Å². The fraction of sp³-hybridized carbons (Fsp3) is 0.286. The van der Waals surface area contributed by atoms with Gasteiger partial charge in [-0.3, -0.25) is 0 Å². The molecule has 1 aromatic heterocycles. The van der Waals surface area contributed by atoms with Gasteiger partial charge in [0.2, 0.25) is 0 Å². The van der Waals surface area contributed by atoms with Crippen molar-refractivity contribution in [2.45, 2.75) is 20.8 Å². The van der Waals surface area contributed by atoms with Crippen LogP contribution in [-0.4, -0.2) is 4.57 Å². The van der Waals surface area contributed by atoms with Crippen LogP contribution in [0.15, 0.2) is 30.3 Å². The monoisotopic (exact) mass is 199 g/mol. The molecule has 15 heavy (non-hydrogen) atoms. The van der Waals surface area contributed by atoms with Gasteiger partial charge in [0.1, 0.15) is 0 Å². The molecule has 0 N–H and O–H groups in total. The number of hydrogen-bond donors (Lipinski definition) is 0. The van der Waals surface area contributed by atoms with Crippen molar-refractivity contribution in [2.24, 2.45) is 7.05 Å². The lowest BCUT2D eigenvalue weighted by Crippen LogP contribution is -1.92. The summed E-state index contributed by atoms with van der Waals surface area (Å²) in [5.41, 5.74) is 6.60. The van der Waals surface area contributed by atoms with Crippen LogP contribution < -0.4 is 0 Å². The smallest absolute Gasteiger partial charge is 0.0221 e. The van der Waals surface area contributed by atoms with Gasteiger partial charge in [0.25, 0.3) is 0 Å². The first kappa shape index (κ1) is 10.0. The Kier molecular flexibility index (Phi) is 2.39. The van der Waals surface area contributed by atoms with Crippen molar-refractivity contribution in [2.75, 3.05) is 0 Å². The first-order valence-corrected chi connectivity index (χ1v) is 5.29. The molecule has 1 heteroatoms. The number of aromatic nitrogens is 1. The van der Waals surface area contributed by atoms with E-state index in [-0.39, 0.29) is 0 Å². The van der Waals surface area contributed by atoms with Crippen LogP contribution in [0.1, 0.15) is 17.0 Å². The minimum atomic E-state index is 1.31. The van der Waals surface area contributed by atoms with Gasteiger partial charge in [-0.05, 0) is 32.4 Å². The normalized spacial score (nSPS) is 10.7. The zero-order chi connectivity index (χ0) is 11.0. The maximum absolute atomic E-state index is 2.25. The van der Waals surface area contributed by atoms with Gasteiger partial charge in [-0.2, -0.15) is 0 Å². The highest BCUT2D eigenvalue weighted by Crippen LogP contribution is 2.26. The van der Waals surface area contributed by atoms with Crippen LogP contribution >= 0.6 is 0 Å². The topological polar surface area (TPSA) is 4.93 Å². The minimum Gasteiger partial charge on any atom is -0.352 e. The maximum atomic E-state index is 2.25. The van der Waals surface area contributed by atoms with E-state index in [9.17, 15) is 0 Å². The molecule has 0 bridgehead atoms. The number of aryl methyl sites for hydroxylation is 2. The maximum Gasteiger partial charge on any atom is 0.0221 e. The second-order valence-corrected chi connectivity index (χ2v) is 4.21. The van der Waals surface area contributed by atoms with Gasteiger partial charge < -0.3 is 4.57 Å². The van der Waals surface area contributed by atoms with Crippen LogP contribution in [0.5, 0.6) is 0 Å². The summed E-state index contributed by atoms with van der Waals surface area (Å²) < 4.78 is 2.23. The van der Waals surface area contributed by atoms with Gasteiger partial charge >= 0.3 is 0 Å². The van der Waals surface area contributed by atoms with E-state index in [2.05, 4.69) is 62.7 Å². The zero-order valence-electron chi connectivity index (χ0n) is 9.83. The van der Waals surface area contributed by atoms with Crippen molar-refractivity contribution >= 4 is 0 Å². The quantitative estimate of drug-likeness (QED) is 0.661. The van der Waals surface area contributed by atoms with Crippen LogP contribution in [0, 0.1) is 20.8 Å². The van der Waals surface area contributed by atoms with Crippen molar-refractivity contribution in [1.29, 1.82) is 0 Å². The second-order valence-electron chi connectivity index (χ2n) is 4.21. The van der Waals surface area contributed by atoms with Crippen LogP contribution in [0.25, 0.3) is 11.1 Å². The van der Waals surface area contributed by atoms with Crippen molar-refractivity contribution in [3.63, 3.8) is 0 Å². The van der Waals surface area contributed by atoms with E-state index in [4.69, 9.17) is 0 Å². The number of hydrogen-bond acceptors (Lipinski definition) is 0. The van der Waals surface area contributed by atoms with Crippen molar-refractivity contribution in [1.82, 2.24) is 4.57 Å². The summed E-state index contributed by atoms with van der Waals surface area (Å²) in [5.74, 6) is 0. The molecule has 0 aliphatic rings. The Bertz CT molecular complexity index is 475. The number of nitrogens with zero attached hydrogens (tertiary/aromatic N) is 1. The molecular weight excluding hydrogens is 182 g/mol. The summed E-state index contributed by atoms with van der Waals surface area (Å²) in [5, 5.41) is 0. The number of benzene rings is 1. The number of rotatable bonds is 1. The molecule has 1 nitrogen and oxygen atoms in total. The average molecular weight is 199 g/mol. The Hall–Kier alpha value is -1.50. The lowest BCUT2D eigenvalue weighted by Gasteiger charge is -2.03. The van der Waals surface area contributed by atoms with Gasteiger partial charge in [0.05, 0.1) is 0 Å². The standard InChI is InChI=1S/C14H17N/c1-10-5-7-13(8-6-10)14-9-11(2)15(4)12(14)3/h5-9H,1-4H3. The Morgan fingerprint density at radius 3 is 2.00 bits per heavy atom. The van der Waals surface area contributed by atoms with E-state index in [0.717, 1.165) is 0 Å². The second kappa shape index (κ2) is 3.58. The summed E-state index contributed by atoms with van der Waals surface area (Å²) in [4.78, 5) is 0. The van der Waals surface area contributed by atoms with E-state index in [0.29, 0.717) is 0 Å². The van der Waals surface area contributed by atoms with Gasteiger partial charge in [-0.15, -0.1) is 0 Å². The third-order valence-electron chi connectivity index (χ3n) is 3.14. The Balaban J connectivity index is 2.54. The summed E-state index contributed by atoms with van der Waals surface area (Å²) in [7, 11) is 2.11. The Labute approximate surface area is 91.4 Å². The zero-order valence-corrected chi connectivity index (χ0v) is 9.83. The highest BCUT2D eigenvalue weighted by atomic mass is 14.9. The van der Waals surface area contributed by atoms with Gasteiger partial charge in [0, 0.05) is 24.0 Å². The largest absolute Gasteiger partial charge is 0.352 e. The summed E-state index contributed by atoms with van der Waals surface area (Å²) in [6.07, 6.45) is 0. The molecule has 0 saturated carbocycles. The highest BCUT2D eigenvalue weighted by molar-refractivity contribution is 5.67. The van der Waals surface area contributed by atoms with Gasteiger partial charge in [-0.1, -0.05) is 29.8 Å². The molecule has 0 atom stereocenters. The van der Waals surface area contributed by atoms with Crippen LogP contribution in [0.2, 0.25) is 0 Å². The fourth-order valence-corrected chi connectivity index (χ4v) is 1.88. The highest BCUT2D eigenvalue weighted by Gasteiger charge is 2.07. The predicted octanol–water partition coefficient (Wildman–Crippen LogP) is 3.62. The Morgan fingerprint density at radius 2 is 1.53 bits per heavy atom. The van der Waals surface area contributed by atoms with Crippen molar-refractivity contribution < 1.29 is 0 Å². The Morgan fingerprint density at radius 1 is 0.933 bits per heavy atom. The van der Waals surface area contributed by atoms with E-state index < -0.39 is 0 Å². The SMILES string of the molecule is Cc1ccc(-c2cc(C)n(C)c2C)cc1. The van der Waals surface area contributed by atoms with Crippen LogP contribution in [0.4, 0.5) is 0 Å². The van der Waals surface area contributed by atoms with E-state index in [1.165, 1.54) is 28.1 Å².